The van der Waals surface area contributed by atoms with Gasteiger partial charge in [-0.15, -0.1) is 0 Å². The van der Waals surface area contributed by atoms with Gasteiger partial charge in [-0.1, -0.05) is 0 Å². The van der Waals surface area contributed by atoms with Crippen molar-refractivity contribution in [3.05, 3.63) is 0 Å². The average Bonchev–Trinajstić information content (AvgIpc) is 1.68. The van der Waals surface area contributed by atoms with E-state index in [2.05, 4.69) is 16.0 Å². The highest BCUT2D eigenvalue weighted by atomic mass is 35.5. The van der Waals surface area contributed by atoms with E-state index in [0.717, 1.165) is 0 Å². The van der Waals surface area contributed by atoms with Crippen LogP contribution in [0.3, 0.4) is 0 Å². The molecule has 0 aliphatic rings. The van der Waals surface area contributed by atoms with Gasteiger partial charge in [-0.3, -0.25) is 0 Å². The molecule has 0 saturated heterocycles. The molecule has 0 aromatic heterocycles. The summed E-state index contributed by atoms with van der Waals surface area (Å²) >= 11 is 4.63. The molecule has 0 spiro atoms. The van der Waals surface area contributed by atoms with E-state index in [4.69, 9.17) is 0 Å². The molecule has 0 fully saturated rings. The van der Waals surface area contributed by atoms with Crippen LogP contribution in [0.25, 0.3) is 0 Å². The maximum absolute atomic E-state index is 10.1. The Balaban J connectivity index is 3.89. The van der Waals surface area contributed by atoms with Crippen LogP contribution in [-0.4, -0.2) is 14.2 Å². The number of rotatable bonds is 2. The van der Waals surface area contributed by atoms with Crippen molar-refractivity contribution in [2.75, 3.05) is 5.75 Å². The monoisotopic (exact) mass is 142 g/mol. The molecule has 0 atom stereocenters. The Morgan fingerprint density at radius 3 is 2.14 bits per heavy atom. The van der Waals surface area contributed by atoms with E-state index in [-0.39, 0.29) is 5.75 Å². The quantitative estimate of drug-likeness (QED) is 0.549. The molecule has 7 heavy (non-hydrogen) atoms. The molecule has 0 N–H and O–H groups in total. The Morgan fingerprint density at radius 1 is 1.71 bits per heavy atom. The summed E-state index contributed by atoms with van der Waals surface area (Å²) in [5.74, 6) is -0.0312. The third-order valence-corrected chi connectivity index (χ3v) is 2.04. The summed E-state index contributed by atoms with van der Waals surface area (Å²) in [6.07, 6.45) is 0. The highest BCUT2D eigenvalue weighted by molar-refractivity contribution is 7.90. The van der Waals surface area contributed by atoms with Gasteiger partial charge in [0.25, 0.3) is 0 Å². The van der Waals surface area contributed by atoms with E-state index >= 15 is 0 Å². The number of nitrogens with zero attached hydrogens (tertiary/aromatic N) is 1. The van der Waals surface area contributed by atoms with Crippen LogP contribution < -0.4 is 4.24 Å². The molecule has 5 heteroatoms. The Hall–Kier alpha value is 0.200. The summed E-state index contributed by atoms with van der Waals surface area (Å²) in [7, 11) is -3.27. The molecule has 0 amide bonds. The van der Waals surface area contributed by atoms with Gasteiger partial charge in [0.1, 0.15) is 0 Å². The van der Waals surface area contributed by atoms with Gasteiger partial charge in [0.2, 0.25) is 10.0 Å². The molecular formula is C2H5ClNO2S. The van der Waals surface area contributed by atoms with Crippen molar-refractivity contribution < 1.29 is 8.42 Å². The van der Waals surface area contributed by atoms with Crippen LogP contribution in [0.15, 0.2) is 0 Å². The summed E-state index contributed by atoms with van der Waals surface area (Å²) in [5, 5.41) is 0. The molecule has 0 bridgehead atoms. The van der Waals surface area contributed by atoms with Crippen molar-refractivity contribution >= 4 is 21.8 Å². The summed E-state index contributed by atoms with van der Waals surface area (Å²) in [6, 6.07) is 0. The molecule has 0 aromatic carbocycles. The second-order valence-electron chi connectivity index (χ2n) is 0.940. The first-order chi connectivity index (χ1) is 3.12. The minimum absolute atomic E-state index is 0.0312. The molecular weight excluding hydrogens is 138 g/mol. The van der Waals surface area contributed by atoms with Crippen LogP contribution in [-0.2, 0) is 10.0 Å². The Labute approximate surface area is 47.8 Å². The molecule has 3 nitrogen and oxygen atoms in total. The minimum Gasteiger partial charge on any atom is -0.210 e. The number of hydrogen-bond donors (Lipinski definition) is 0. The molecule has 0 aliphatic heterocycles. The first-order valence-electron chi connectivity index (χ1n) is 1.68. The van der Waals surface area contributed by atoms with Crippen LogP contribution in [0.4, 0.5) is 0 Å². The van der Waals surface area contributed by atoms with Gasteiger partial charge in [0, 0.05) is 11.8 Å². The van der Waals surface area contributed by atoms with E-state index in [0.29, 0.717) is 0 Å². The van der Waals surface area contributed by atoms with E-state index < -0.39 is 10.0 Å². The first kappa shape index (κ1) is 7.20. The third kappa shape index (κ3) is 2.85. The van der Waals surface area contributed by atoms with Crippen LogP contribution >= 0.6 is 11.8 Å². The predicted octanol–water partition coefficient (Wildman–Crippen LogP) is 0.0943. The molecule has 1 radical (unpaired) electrons. The molecule has 0 unspecified atom stereocenters. The third-order valence-electron chi connectivity index (χ3n) is 0.470. The Kier molecular flexibility index (Phi) is 2.56. The zero-order valence-corrected chi connectivity index (χ0v) is 5.33. The first-order valence-corrected chi connectivity index (χ1v) is 3.63. The second kappa shape index (κ2) is 2.49. The van der Waals surface area contributed by atoms with Crippen LogP contribution in [0.1, 0.15) is 6.92 Å². The maximum atomic E-state index is 10.1. The molecule has 0 heterocycles. The molecule has 0 aromatic rings. The van der Waals surface area contributed by atoms with Gasteiger partial charge < -0.3 is 0 Å². The SMILES string of the molecule is CCS(=O)(=O)[N]Cl. The van der Waals surface area contributed by atoms with Crippen molar-refractivity contribution in [3.8, 4) is 0 Å². The van der Waals surface area contributed by atoms with E-state index in [1.807, 2.05) is 0 Å². The van der Waals surface area contributed by atoms with Crippen LogP contribution in [0, 0.1) is 0 Å². The lowest BCUT2D eigenvalue weighted by Crippen LogP contribution is -2.08. The summed E-state index contributed by atoms with van der Waals surface area (Å²) in [5.41, 5.74) is 0. The van der Waals surface area contributed by atoms with Gasteiger partial charge in [-0.05, 0) is 11.2 Å². The highest BCUT2D eigenvalue weighted by Crippen LogP contribution is 1.84. The van der Waals surface area contributed by atoms with Crippen molar-refractivity contribution in [2.45, 2.75) is 6.92 Å². The van der Waals surface area contributed by atoms with Crippen molar-refractivity contribution in [2.24, 2.45) is 0 Å². The second-order valence-corrected chi connectivity index (χ2v) is 3.23. The molecule has 0 rings (SSSR count). The van der Waals surface area contributed by atoms with E-state index in [1.54, 1.807) is 0 Å². The van der Waals surface area contributed by atoms with E-state index in [9.17, 15) is 8.42 Å². The van der Waals surface area contributed by atoms with Crippen molar-refractivity contribution in [1.29, 1.82) is 0 Å². The Bertz CT molecular complexity index is 119. The number of hydrogen-bond acceptors (Lipinski definition) is 2. The van der Waals surface area contributed by atoms with Gasteiger partial charge in [0.05, 0.1) is 5.75 Å². The molecule has 43 valence electrons. The lowest BCUT2D eigenvalue weighted by molar-refractivity contribution is 0.594. The normalized spacial score (nSPS) is 11.7. The summed E-state index contributed by atoms with van der Waals surface area (Å²) < 4.78 is 22.7. The van der Waals surface area contributed by atoms with Gasteiger partial charge >= 0.3 is 0 Å². The van der Waals surface area contributed by atoms with Crippen LogP contribution in [0.2, 0.25) is 0 Å². The molecule has 0 saturated carbocycles. The Morgan fingerprint density at radius 2 is 2.14 bits per heavy atom. The lowest BCUT2D eigenvalue weighted by Gasteiger charge is -1.86. The topological polar surface area (TPSA) is 48.2 Å². The average molecular weight is 143 g/mol. The highest BCUT2D eigenvalue weighted by Gasteiger charge is 2.02. The van der Waals surface area contributed by atoms with E-state index in [1.165, 1.54) is 6.92 Å². The summed E-state index contributed by atoms with van der Waals surface area (Å²) in [6.45, 7) is 1.47. The standard InChI is InChI=1S/C2H5ClNO2S/c1-2-7(5,6)4-3/h2H2,1H3. The zero-order chi connectivity index (χ0) is 5.91. The van der Waals surface area contributed by atoms with Crippen molar-refractivity contribution in [3.63, 3.8) is 0 Å². The van der Waals surface area contributed by atoms with Gasteiger partial charge in [-0.25, -0.2) is 8.42 Å². The van der Waals surface area contributed by atoms with Crippen molar-refractivity contribution in [1.82, 2.24) is 4.24 Å². The van der Waals surface area contributed by atoms with Gasteiger partial charge in [0.15, 0.2) is 0 Å². The lowest BCUT2D eigenvalue weighted by atomic mass is 11.0. The fourth-order valence-corrected chi connectivity index (χ4v) is 0.439. The smallest absolute Gasteiger partial charge is 0.210 e. The largest absolute Gasteiger partial charge is 0.242 e. The number of halogens is 1. The van der Waals surface area contributed by atoms with Gasteiger partial charge in [-0.2, -0.15) is 0 Å². The predicted molar refractivity (Wildman–Crippen MR) is 27.4 cm³/mol. The fourth-order valence-electron chi connectivity index (χ4n) is 0.0488. The number of sulfonamides is 1. The fraction of sp³-hybridized carbons (Fsp3) is 1.00. The van der Waals surface area contributed by atoms with Crippen LogP contribution in [0.5, 0.6) is 0 Å². The summed E-state index contributed by atoms with van der Waals surface area (Å²) in [4.78, 5) is 0. The minimum atomic E-state index is -3.27. The molecule has 0 aliphatic carbocycles. The maximum Gasteiger partial charge on any atom is 0.242 e. The zero-order valence-electron chi connectivity index (χ0n) is 3.76.